The van der Waals surface area contributed by atoms with Crippen LogP contribution in [0.3, 0.4) is 0 Å². The predicted octanol–water partition coefficient (Wildman–Crippen LogP) is 4.79. The Balaban J connectivity index is 1.40. The molecule has 0 saturated heterocycles. The van der Waals surface area contributed by atoms with Gasteiger partial charge in [0.15, 0.2) is 0 Å². The average Bonchev–Trinajstić information content (AvgIpc) is 2.71. The SMILES string of the molecule is C(=N/OCc1ccc(CO/N=C\c2ccccc2)cc1)/c1ccccc1. The second-order valence-electron chi connectivity index (χ2n) is 5.65. The largest absolute Gasteiger partial charge is 0.391 e. The molecule has 0 saturated carbocycles. The molecule has 4 heteroatoms. The molecular formula is C22H20N2O2. The zero-order chi connectivity index (χ0) is 17.9. The van der Waals surface area contributed by atoms with Gasteiger partial charge >= 0.3 is 0 Å². The van der Waals surface area contributed by atoms with E-state index in [0.29, 0.717) is 13.2 Å². The Morgan fingerprint density at radius 2 is 0.923 bits per heavy atom. The highest BCUT2D eigenvalue weighted by atomic mass is 16.6. The van der Waals surface area contributed by atoms with Gasteiger partial charge in [-0.1, -0.05) is 95.2 Å². The molecule has 0 aliphatic rings. The topological polar surface area (TPSA) is 43.2 Å². The molecule has 4 nitrogen and oxygen atoms in total. The lowest BCUT2D eigenvalue weighted by atomic mass is 10.1. The minimum absolute atomic E-state index is 0.427. The molecule has 0 spiro atoms. The van der Waals surface area contributed by atoms with Crippen molar-refractivity contribution >= 4 is 12.4 Å². The molecule has 0 bridgehead atoms. The molecule has 0 unspecified atom stereocenters. The van der Waals surface area contributed by atoms with Crippen molar-refractivity contribution in [3.63, 3.8) is 0 Å². The van der Waals surface area contributed by atoms with E-state index in [9.17, 15) is 0 Å². The highest BCUT2D eigenvalue weighted by molar-refractivity contribution is 5.79. The summed E-state index contributed by atoms with van der Waals surface area (Å²) in [5.74, 6) is 0. The maximum absolute atomic E-state index is 5.33. The van der Waals surface area contributed by atoms with Crippen LogP contribution in [-0.4, -0.2) is 12.4 Å². The first kappa shape index (κ1) is 17.4. The third-order valence-electron chi connectivity index (χ3n) is 3.64. The highest BCUT2D eigenvalue weighted by Gasteiger charge is 1.96. The Morgan fingerprint density at radius 1 is 0.538 bits per heavy atom. The zero-order valence-corrected chi connectivity index (χ0v) is 14.4. The summed E-state index contributed by atoms with van der Waals surface area (Å²) in [5.41, 5.74) is 4.12. The number of oxime groups is 2. The molecule has 130 valence electrons. The van der Waals surface area contributed by atoms with Gasteiger partial charge in [-0.05, 0) is 22.3 Å². The molecule has 3 rings (SSSR count). The van der Waals surface area contributed by atoms with E-state index in [-0.39, 0.29) is 0 Å². The van der Waals surface area contributed by atoms with Crippen molar-refractivity contribution in [2.24, 2.45) is 10.3 Å². The first-order chi connectivity index (χ1) is 12.9. The lowest BCUT2D eigenvalue weighted by molar-refractivity contribution is 0.130. The molecule has 3 aromatic carbocycles. The van der Waals surface area contributed by atoms with Crippen LogP contribution in [0.1, 0.15) is 22.3 Å². The number of benzene rings is 3. The second-order valence-corrected chi connectivity index (χ2v) is 5.65. The summed E-state index contributed by atoms with van der Waals surface area (Å²) in [4.78, 5) is 10.7. The monoisotopic (exact) mass is 344 g/mol. The summed E-state index contributed by atoms with van der Waals surface area (Å²) >= 11 is 0. The average molecular weight is 344 g/mol. The van der Waals surface area contributed by atoms with Gasteiger partial charge in [-0.2, -0.15) is 0 Å². The van der Waals surface area contributed by atoms with Crippen LogP contribution in [0.25, 0.3) is 0 Å². The van der Waals surface area contributed by atoms with E-state index >= 15 is 0 Å². The van der Waals surface area contributed by atoms with Crippen molar-refractivity contribution < 1.29 is 9.68 Å². The predicted molar refractivity (Wildman–Crippen MR) is 104 cm³/mol. The molecule has 0 aliphatic heterocycles. The van der Waals surface area contributed by atoms with Gasteiger partial charge in [0.05, 0.1) is 12.4 Å². The molecular weight excluding hydrogens is 324 g/mol. The summed E-state index contributed by atoms with van der Waals surface area (Å²) < 4.78 is 0. The highest BCUT2D eigenvalue weighted by Crippen LogP contribution is 2.08. The lowest BCUT2D eigenvalue weighted by Gasteiger charge is -2.03. The standard InChI is InChI=1S/C22H20N2O2/c1-3-7-19(8-4-1)15-23-25-17-21-11-13-22(14-12-21)18-26-24-16-20-9-5-2-6-10-20/h1-16H,17-18H2/b23-15-,24-16-. The van der Waals surface area contributed by atoms with Crippen molar-refractivity contribution in [2.75, 3.05) is 0 Å². The fourth-order valence-corrected chi connectivity index (χ4v) is 2.23. The van der Waals surface area contributed by atoms with Crippen molar-refractivity contribution in [1.82, 2.24) is 0 Å². The molecule has 0 aromatic heterocycles. The van der Waals surface area contributed by atoms with Crippen LogP contribution < -0.4 is 0 Å². The fourth-order valence-electron chi connectivity index (χ4n) is 2.23. The minimum Gasteiger partial charge on any atom is -0.391 e. The normalized spacial score (nSPS) is 11.1. The maximum atomic E-state index is 5.33. The fraction of sp³-hybridized carbons (Fsp3) is 0.0909. The Bertz CT molecular complexity index is 757. The van der Waals surface area contributed by atoms with Crippen molar-refractivity contribution in [2.45, 2.75) is 13.2 Å². The number of rotatable bonds is 8. The Hall–Kier alpha value is -3.40. The van der Waals surface area contributed by atoms with E-state index in [0.717, 1.165) is 22.3 Å². The van der Waals surface area contributed by atoms with Crippen LogP contribution in [0.2, 0.25) is 0 Å². The van der Waals surface area contributed by atoms with Crippen LogP contribution >= 0.6 is 0 Å². The molecule has 0 atom stereocenters. The van der Waals surface area contributed by atoms with E-state index in [1.165, 1.54) is 0 Å². The van der Waals surface area contributed by atoms with E-state index < -0.39 is 0 Å². The van der Waals surface area contributed by atoms with Gasteiger partial charge in [-0.15, -0.1) is 0 Å². The van der Waals surface area contributed by atoms with E-state index in [1.54, 1.807) is 12.4 Å². The summed E-state index contributed by atoms with van der Waals surface area (Å²) in [5, 5.41) is 7.96. The van der Waals surface area contributed by atoms with Crippen LogP contribution in [-0.2, 0) is 22.9 Å². The third kappa shape index (κ3) is 5.91. The van der Waals surface area contributed by atoms with Gasteiger partial charge < -0.3 is 9.68 Å². The molecule has 0 amide bonds. The van der Waals surface area contributed by atoms with Crippen LogP contribution in [0.15, 0.2) is 95.2 Å². The van der Waals surface area contributed by atoms with E-state index in [4.69, 9.17) is 9.68 Å². The molecule has 0 radical (unpaired) electrons. The maximum Gasteiger partial charge on any atom is 0.142 e. The summed E-state index contributed by atoms with van der Waals surface area (Å²) in [6.45, 7) is 0.854. The smallest absolute Gasteiger partial charge is 0.142 e. The van der Waals surface area contributed by atoms with Gasteiger partial charge in [0, 0.05) is 0 Å². The molecule has 0 N–H and O–H groups in total. The first-order valence-electron chi connectivity index (χ1n) is 8.39. The first-order valence-corrected chi connectivity index (χ1v) is 8.39. The van der Waals surface area contributed by atoms with Gasteiger partial charge in [0.2, 0.25) is 0 Å². The summed E-state index contributed by atoms with van der Waals surface area (Å²) in [6, 6.07) is 27.7. The zero-order valence-electron chi connectivity index (χ0n) is 14.4. The van der Waals surface area contributed by atoms with Gasteiger partial charge in [0.1, 0.15) is 13.2 Å². The molecule has 26 heavy (non-hydrogen) atoms. The molecule has 0 heterocycles. The summed E-state index contributed by atoms with van der Waals surface area (Å²) in [6.07, 6.45) is 3.40. The van der Waals surface area contributed by atoms with Gasteiger partial charge in [-0.25, -0.2) is 0 Å². The second kappa shape index (κ2) is 9.79. The molecule has 3 aromatic rings. The minimum atomic E-state index is 0.427. The van der Waals surface area contributed by atoms with Crippen LogP contribution in [0.4, 0.5) is 0 Å². The third-order valence-corrected chi connectivity index (χ3v) is 3.64. The number of hydrogen-bond acceptors (Lipinski definition) is 4. The summed E-state index contributed by atoms with van der Waals surface area (Å²) in [7, 11) is 0. The number of nitrogens with zero attached hydrogens (tertiary/aromatic N) is 2. The Labute approximate surface area is 153 Å². The number of hydrogen-bond donors (Lipinski definition) is 0. The van der Waals surface area contributed by atoms with Crippen LogP contribution in [0.5, 0.6) is 0 Å². The van der Waals surface area contributed by atoms with Crippen molar-refractivity contribution in [1.29, 1.82) is 0 Å². The van der Waals surface area contributed by atoms with Crippen LogP contribution in [0, 0.1) is 0 Å². The molecule has 0 aliphatic carbocycles. The Kier molecular flexibility index (Phi) is 6.56. The Morgan fingerprint density at radius 3 is 1.31 bits per heavy atom. The quantitative estimate of drug-likeness (QED) is 0.436. The lowest BCUT2D eigenvalue weighted by Crippen LogP contribution is -1.91. The van der Waals surface area contributed by atoms with Gasteiger partial charge in [0.25, 0.3) is 0 Å². The van der Waals surface area contributed by atoms with Crippen molar-refractivity contribution in [3.8, 4) is 0 Å². The molecule has 0 fully saturated rings. The van der Waals surface area contributed by atoms with E-state index in [1.807, 2.05) is 84.9 Å². The van der Waals surface area contributed by atoms with Gasteiger partial charge in [-0.3, -0.25) is 0 Å². The van der Waals surface area contributed by atoms with Crippen molar-refractivity contribution in [3.05, 3.63) is 107 Å². The van der Waals surface area contributed by atoms with E-state index in [2.05, 4.69) is 10.3 Å².